The summed E-state index contributed by atoms with van der Waals surface area (Å²) < 4.78 is 1.77. The minimum atomic E-state index is -0.126. The number of hydrogen-bond donors (Lipinski definition) is 1. The smallest absolute Gasteiger partial charge is 0.251 e. The molecule has 1 aromatic heterocycles. The summed E-state index contributed by atoms with van der Waals surface area (Å²) in [6.07, 6.45) is 0. The Kier molecular flexibility index (Phi) is 2.36. The lowest BCUT2D eigenvalue weighted by Crippen LogP contribution is -2.17. The molecule has 0 saturated carbocycles. The van der Waals surface area contributed by atoms with Crippen LogP contribution in [0.3, 0.4) is 0 Å². The quantitative estimate of drug-likeness (QED) is 0.798. The van der Waals surface area contributed by atoms with Crippen molar-refractivity contribution < 1.29 is 4.79 Å². The van der Waals surface area contributed by atoms with E-state index in [1.807, 2.05) is 13.1 Å². The molecule has 1 amide bonds. The van der Waals surface area contributed by atoms with Crippen molar-refractivity contribution in [3.8, 4) is 0 Å². The van der Waals surface area contributed by atoms with Gasteiger partial charge in [-0.25, -0.2) is 4.98 Å². The predicted octanol–water partition coefficient (Wildman–Crippen LogP) is 1.59. The Balaban J connectivity index is 2.62. The number of carbonyl (C=O) groups is 1. The molecule has 0 fully saturated rings. The highest BCUT2D eigenvalue weighted by atomic mass is 35.5. The van der Waals surface area contributed by atoms with Crippen molar-refractivity contribution in [2.75, 3.05) is 7.05 Å². The summed E-state index contributed by atoms with van der Waals surface area (Å²) >= 11 is 5.87. The molecule has 2 aromatic rings. The minimum Gasteiger partial charge on any atom is -0.355 e. The second kappa shape index (κ2) is 3.55. The van der Waals surface area contributed by atoms with Crippen LogP contribution in [0, 0.1) is 0 Å². The van der Waals surface area contributed by atoms with Gasteiger partial charge in [0.15, 0.2) is 0 Å². The van der Waals surface area contributed by atoms with Crippen molar-refractivity contribution in [1.29, 1.82) is 0 Å². The van der Waals surface area contributed by atoms with Crippen molar-refractivity contribution in [3.63, 3.8) is 0 Å². The lowest BCUT2D eigenvalue weighted by atomic mass is 10.2. The average molecular weight is 224 g/mol. The van der Waals surface area contributed by atoms with Crippen molar-refractivity contribution in [2.45, 2.75) is 0 Å². The second-order valence-corrected chi connectivity index (χ2v) is 3.56. The van der Waals surface area contributed by atoms with Crippen LogP contribution in [0.15, 0.2) is 18.2 Å². The highest BCUT2D eigenvalue weighted by Gasteiger charge is 2.08. The lowest BCUT2D eigenvalue weighted by Gasteiger charge is -1.99. The molecule has 78 valence electrons. The highest BCUT2D eigenvalue weighted by Crippen LogP contribution is 2.19. The van der Waals surface area contributed by atoms with Crippen LogP contribution in [-0.2, 0) is 7.05 Å². The van der Waals surface area contributed by atoms with Gasteiger partial charge in [-0.15, -0.1) is 0 Å². The number of aryl methyl sites for hydroxylation is 1. The Bertz CT molecular complexity index is 533. The first-order valence-electron chi connectivity index (χ1n) is 4.47. The van der Waals surface area contributed by atoms with E-state index in [1.54, 1.807) is 23.7 Å². The molecule has 0 saturated heterocycles. The summed E-state index contributed by atoms with van der Waals surface area (Å²) in [5, 5.41) is 2.98. The predicted molar refractivity (Wildman–Crippen MR) is 59.1 cm³/mol. The summed E-state index contributed by atoms with van der Waals surface area (Å²) in [7, 11) is 3.43. The average Bonchev–Trinajstić information content (AvgIpc) is 2.53. The van der Waals surface area contributed by atoms with Gasteiger partial charge in [-0.3, -0.25) is 4.79 Å². The molecule has 0 radical (unpaired) electrons. The van der Waals surface area contributed by atoms with E-state index in [2.05, 4.69) is 10.3 Å². The number of amides is 1. The lowest BCUT2D eigenvalue weighted by molar-refractivity contribution is 0.0963. The SMILES string of the molecule is CNC(=O)c1ccc2c(c1)nc(Cl)n2C. The van der Waals surface area contributed by atoms with Crippen molar-refractivity contribution >= 4 is 28.5 Å². The maximum absolute atomic E-state index is 11.4. The zero-order valence-electron chi connectivity index (χ0n) is 8.41. The van der Waals surface area contributed by atoms with E-state index in [9.17, 15) is 4.79 Å². The molecule has 15 heavy (non-hydrogen) atoms. The second-order valence-electron chi connectivity index (χ2n) is 3.22. The van der Waals surface area contributed by atoms with Crippen LogP contribution in [0.2, 0.25) is 5.28 Å². The number of nitrogens with one attached hydrogen (secondary N) is 1. The Morgan fingerprint density at radius 1 is 1.53 bits per heavy atom. The van der Waals surface area contributed by atoms with Crippen LogP contribution < -0.4 is 5.32 Å². The van der Waals surface area contributed by atoms with Gasteiger partial charge in [-0.05, 0) is 29.8 Å². The third-order valence-corrected chi connectivity index (χ3v) is 2.65. The van der Waals surface area contributed by atoms with E-state index in [0.717, 1.165) is 11.0 Å². The Morgan fingerprint density at radius 3 is 2.93 bits per heavy atom. The van der Waals surface area contributed by atoms with E-state index in [-0.39, 0.29) is 5.91 Å². The van der Waals surface area contributed by atoms with Gasteiger partial charge >= 0.3 is 0 Å². The first-order valence-corrected chi connectivity index (χ1v) is 4.85. The Morgan fingerprint density at radius 2 is 2.27 bits per heavy atom. The van der Waals surface area contributed by atoms with Crippen LogP contribution in [0.5, 0.6) is 0 Å². The number of rotatable bonds is 1. The molecule has 1 N–H and O–H groups in total. The monoisotopic (exact) mass is 223 g/mol. The standard InChI is InChI=1S/C10H10ClN3O/c1-12-9(15)6-3-4-8-7(5-6)13-10(11)14(8)2/h3-5H,1-2H3,(H,12,15). The van der Waals surface area contributed by atoms with E-state index in [4.69, 9.17) is 11.6 Å². The number of imidazole rings is 1. The van der Waals surface area contributed by atoms with Crippen molar-refractivity contribution in [3.05, 3.63) is 29.0 Å². The van der Waals surface area contributed by atoms with E-state index in [0.29, 0.717) is 10.8 Å². The number of benzene rings is 1. The molecule has 1 heterocycles. The number of aromatic nitrogens is 2. The van der Waals surface area contributed by atoms with Crippen LogP contribution in [0.4, 0.5) is 0 Å². The van der Waals surface area contributed by atoms with Gasteiger partial charge in [0.05, 0.1) is 11.0 Å². The van der Waals surface area contributed by atoms with Crippen LogP contribution in [0.1, 0.15) is 10.4 Å². The van der Waals surface area contributed by atoms with E-state index >= 15 is 0 Å². The molecule has 0 atom stereocenters. The van der Waals surface area contributed by atoms with Gasteiger partial charge in [-0.1, -0.05) is 0 Å². The van der Waals surface area contributed by atoms with Gasteiger partial charge in [-0.2, -0.15) is 0 Å². The van der Waals surface area contributed by atoms with Gasteiger partial charge < -0.3 is 9.88 Å². The van der Waals surface area contributed by atoms with Gasteiger partial charge in [0, 0.05) is 19.7 Å². The largest absolute Gasteiger partial charge is 0.355 e. The fraction of sp³-hybridized carbons (Fsp3) is 0.200. The third-order valence-electron chi connectivity index (χ3n) is 2.32. The topological polar surface area (TPSA) is 46.9 Å². The molecule has 0 aliphatic heterocycles. The molecule has 0 unspecified atom stereocenters. The number of nitrogens with zero attached hydrogens (tertiary/aromatic N) is 2. The normalized spacial score (nSPS) is 10.6. The molecule has 0 aliphatic rings. The summed E-state index contributed by atoms with van der Waals surface area (Å²) in [5.41, 5.74) is 2.22. The molecule has 0 aliphatic carbocycles. The van der Waals surface area contributed by atoms with Crippen molar-refractivity contribution in [2.24, 2.45) is 7.05 Å². The number of hydrogen-bond acceptors (Lipinski definition) is 2. The highest BCUT2D eigenvalue weighted by molar-refractivity contribution is 6.29. The van der Waals surface area contributed by atoms with E-state index < -0.39 is 0 Å². The van der Waals surface area contributed by atoms with Crippen molar-refractivity contribution in [1.82, 2.24) is 14.9 Å². The first kappa shape index (κ1) is 9.98. The Hall–Kier alpha value is -1.55. The molecule has 2 rings (SSSR count). The zero-order valence-corrected chi connectivity index (χ0v) is 9.17. The molecule has 4 nitrogen and oxygen atoms in total. The molecule has 5 heteroatoms. The van der Waals surface area contributed by atoms with E-state index in [1.165, 1.54) is 0 Å². The van der Waals surface area contributed by atoms with Crippen LogP contribution in [-0.4, -0.2) is 22.5 Å². The summed E-state index contributed by atoms with van der Waals surface area (Å²) in [6.45, 7) is 0. The first-order chi connectivity index (χ1) is 7.13. The number of carbonyl (C=O) groups excluding carboxylic acids is 1. The molecule has 0 spiro atoms. The third kappa shape index (κ3) is 1.57. The van der Waals surface area contributed by atoms with Gasteiger partial charge in [0.1, 0.15) is 0 Å². The molecule has 0 bridgehead atoms. The molecular formula is C10H10ClN3O. The molecular weight excluding hydrogens is 214 g/mol. The maximum atomic E-state index is 11.4. The Labute approximate surface area is 91.9 Å². The number of halogens is 1. The van der Waals surface area contributed by atoms with Gasteiger partial charge in [0.2, 0.25) is 5.28 Å². The summed E-state index contributed by atoms with van der Waals surface area (Å²) in [4.78, 5) is 15.5. The summed E-state index contributed by atoms with van der Waals surface area (Å²) in [5.74, 6) is -0.126. The maximum Gasteiger partial charge on any atom is 0.251 e. The fourth-order valence-electron chi connectivity index (χ4n) is 1.46. The fourth-order valence-corrected chi connectivity index (χ4v) is 1.64. The molecule has 1 aromatic carbocycles. The van der Waals surface area contributed by atoms with Crippen LogP contribution >= 0.6 is 11.6 Å². The van der Waals surface area contributed by atoms with Crippen LogP contribution in [0.25, 0.3) is 11.0 Å². The number of fused-ring (bicyclic) bond motifs is 1. The van der Waals surface area contributed by atoms with Gasteiger partial charge in [0.25, 0.3) is 5.91 Å². The summed E-state index contributed by atoms with van der Waals surface area (Å²) in [6, 6.07) is 5.30. The minimum absolute atomic E-state index is 0.126. The zero-order chi connectivity index (χ0) is 11.0.